The summed E-state index contributed by atoms with van der Waals surface area (Å²) in [5.41, 5.74) is 0. The molecule has 1 rings (SSSR count). The van der Waals surface area contributed by atoms with Gasteiger partial charge in [-0.2, -0.15) is 0 Å². The van der Waals surface area contributed by atoms with Crippen LogP contribution in [-0.2, 0) is 14.6 Å². The lowest BCUT2D eigenvalue weighted by Gasteiger charge is -2.22. The van der Waals surface area contributed by atoms with Crippen molar-refractivity contribution in [3.8, 4) is 0 Å². The smallest absolute Gasteiger partial charge is 0.251 e. The van der Waals surface area contributed by atoms with Crippen LogP contribution >= 0.6 is 11.6 Å². The second-order valence-electron chi connectivity index (χ2n) is 4.62. The van der Waals surface area contributed by atoms with E-state index in [2.05, 4.69) is 5.32 Å². The molecule has 0 aromatic carbocycles. The van der Waals surface area contributed by atoms with Gasteiger partial charge in [0.2, 0.25) is 5.91 Å². The predicted octanol–water partition coefficient (Wildman–Crippen LogP) is -0.934. The van der Waals surface area contributed by atoms with Crippen LogP contribution in [0.2, 0.25) is 0 Å². The fraction of sp³-hybridized carbons (Fsp3) is 0.900. The summed E-state index contributed by atoms with van der Waals surface area (Å²) in [6, 6.07) is -0.711. The van der Waals surface area contributed by atoms with E-state index in [9.17, 15) is 22.0 Å². The van der Waals surface area contributed by atoms with Gasteiger partial charge in [-0.25, -0.2) is 17.2 Å². The van der Waals surface area contributed by atoms with Gasteiger partial charge in [-0.3, -0.25) is 9.69 Å². The monoisotopic (exact) mass is 334 g/mol. The quantitative estimate of drug-likeness (QED) is 0.587. The summed E-state index contributed by atoms with van der Waals surface area (Å²) >= 11 is 5.82. The lowest BCUT2D eigenvalue weighted by Crippen LogP contribution is -2.47. The largest absolute Gasteiger partial charge is 0.395 e. The summed E-state index contributed by atoms with van der Waals surface area (Å²) in [5, 5.41) is 10.4. The number of nitrogens with one attached hydrogen (secondary N) is 1. The maximum atomic E-state index is 12.3. The first-order chi connectivity index (χ1) is 9.23. The third-order valence-corrected chi connectivity index (χ3v) is 5.18. The van der Waals surface area contributed by atoms with E-state index in [4.69, 9.17) is 16.7 Å². The normalized spacial score (nSPS) is 25.3. The molecular weight excluding hydrogens is 318 g/mol. The third kappa shape index (κ3) is 5.86. The van der Waals surface area contributed by atoms with Gasteiger partial charge in [0.05, 0.1) is 42.6 Å². The zero-order valence-electron chi connectivity index (χ0n) is 10.6. The number of rotatable bonds is 7. The van der Waals surface area contributed by atoms with Crippen molar-refractivity contribution in [1.82, 2.24) is 10.2 Å². The zero-order chi connectivity index (χ0) is 15.3. The average Bonchev–Trinajstić information content (AvgIpc) is 2.50. The molecule has 0 saturated carbocycles. The van der Waals surface area contributed by atoms with Crippen LogP contribution < -0.4 is 5.32 Å². The molecule has 10 heteroatoms. The molecule has 0 spiro atoms. The molecule has 1 heterocycles. The van der Waals surface area contributed by atoms with Crippen molar-refractivity contribution in [2.75, 3.05) is 37.7 Å². The summed E-state index contributed by atoms with van der Waals surface area (Å²) < 4.78 is 47.2. The SMILES string of the molecule is O=C(CN(CCO)CC(F)F)NC1CS(=O)(=O)CC1Cl. The first-order valence-electron chi connectivity index (χ1n) is 5.98. The Morgan fingerprint density at radius 2 is 2.10 bits per heavy atom. The van der Waals surface area contributed by atoms with Gasteiger partial charge in [0.15, 0.2) is 9.84 Å². The van der Waals surface area contributed by atoms with E-state index in [0.717, 1.165) is 4.90 Å². The number of halogens is 3. The third-order valence-electron chi connectivity index (χ3n) is 2.81. The summed E-state index contributed by atoms with van der Waals surface area (Å²) in [6.45, 7) is -1.40. The molecule has 1 aliphatic heterocycles. The second-order valence-corrected chi connectivity index (χ2v) is 7.33. The van der Waals surface area contributed by atoms with Crippen LogP contribution in [0, 0.1) is 0 Å². The minimum atomic E-state index is -3.27. The van der Waals surface area contributed by atoms with Crippen molar-refractivity contribution in [3.63, 3.8) is 0 Å². The van der Waals surface area contributed by atoms with Crippen molar-refractivity contribution in [1.29, 1.82) is 0 Å². The number of carbonyl (C=O) groups is 1. The molecule has 0 bridgehead atoms. The van der Waals surface area contributed by atoms with Gasteiger partial charge in [0.1, 0.15) is 0 Å². The number of aliphatic hydroxyl groups excluding tert-OH is 1. The lowest BCUT2D eigenvalue weighted by atomic mass is 10.2. The molecule has 0 radical (unpaired) electrons. The molecule has 2 N–H and O–H groups in total. The Bertz CT molecular complexity index is 435. The molecule has 0 aliphatic carbocycles. The minimum Gasteiger partial charge on any atom is -0.395 e. The first-order valence-corrected chi connectivity index (χ1v) is 8.24. The average molecular weight is 335 g/mol. The highest BCUT2D eigenvalue weighted by molar-refractivity contribution is 7.91. The molecule has 2 atom stereocenters. The second kappa shape index (κ2) is 7.48. The highest BCUT2D eigenvalue weighted by Gasteiger charge is 2.37. The summed E-state index contributed by atoms with van der Waals surface area (Å²) in [4.78, 5) is 12.8. The molecule has 0 aromatic heterocycles. The Hall–Kier alpha value is -0.510. The number of carbonyl (C=O) groups excluding carboxylic acids is 1. The molecular formula is C10H17ClF2N2O4S. The molecule has 0 aromatic rings. The molecule has 118 valence electrons. The number of sulfone groups is 1. The van der Waals surface area contributed by atoms with Crippen molar-refractivity contribution < 1.29 is 27.1 Å². The van der Waals surface area contributed by atoms with Crippen LogP contribution in [0.1, 0.15) is 0 Å². The van der Waals surface area contributed by atoms with Crippen LogP contribution in [0.15, 0.2) is 0 Å². The summed E-state index contributed by atoms with van der Waals surface area (Å²) in [7, 11) is -3.27. The van der Waals surface area contributed by atoms with E-state index in [0.29, 0.717) is 0 Å². The Labute approximate surface area is 121 Å². The number of nitrogens with zero attached hydrogens (tertiary/aromatic N) is 1. The predicted molar refractivity (Wildman–Crippen MR) is 69.8 cm³/mol. The maximum Gasteiger partial charge on any atom is 0.251 e. The van der Waals surface area contributed by atoms with Gasteiger partial charge in [-0.1, -0.05) is 0 Å². The molecule has 1 saturated heterocycles. The maximum absolute atomic E-state index is 12.3. The lowest BCUT2D eigenvalue weighted by molar-refractivity contribution is -0.123. The van der Waals surface area contributed by atoms with Crippen LogP contribution in [-0.4, -0.2) is 79.9 Å². The first kappa shape index (κ1) is 17.5. The highest BCUT2D eigenvalue weighted by Crippen LogP contribution is 2.17. The van der Waals surface area contributed by atoms with E-state index >= 15 is 0 Å². The Kier molecular flexibility index (Phi) is 6.56. The van der Waals surface area contributed by atoms with Crippen LogP contribution in [0.3, 0.4) is 0 Å². The summed E-state index contributed by atoms with van der Waals surface area (Å²) in [5.74, 6) is -1.05. The number of amides is 1. The molecule has 20 heavy (non-hydrogen) atoms. The van der Waals surface area contributed by atoms with E-state index in [1.165, 1.54) is 0 Å². The van der Waals surface area contributed by atoms with Crippen LogP contribution in [0.4, 0.5) is 8.78 Å². The minimum absolute atomic E-state index is 0.0645. The van der Waals surface area contributed by atoms with Gasteiger partial charge < -0.3 is 10.4 Å². The van der Waals surface area contributed by atoms with Crippen molar-refractivity contribution >= 4 is 27.3 Å². The Morgan fingerprint density at radius 3 is 2.55 bits per heavy atom. The molecule has 1 fully saturated rings. The fourth-order valence-corrected chi connectivity index (χ4v) is 4.51. The number of hydrogen-bond donors (Lipinski definition) is 2. The van der Waals surface area contributed by atoms with Gasteiger partial charge >= 0.3 is 0 Å². The standard InChI is InChI=1S/C10H17ClF2N2O4S/c11-7-5-20(18,19)6-8(7)14-10(17)4-15(1-2-16)3-9(12)13/h7-9,16H,1-6H2,(H,14,17). The molecule has 6 nitrogen and oxygen atoms in total. The Balaban J connectivity index is 2.49. The van der Waals surface area contributed by atoms with Gasteiger partial charge in [0, 0.05) is 6.54 Å². The number of aliphatic hydroxyl groups is 1. The van der Waals surface area contributed by atoms with Gasteiger partial charge in [0.25, 0.3) is 6.43 Å². The van der Waals surface area contributed by atoms with Gasteiger partial charge in [-0.05, 0) is 0 Å². The van der Waals surface area contributed by atoms with Gasteiger partial charge in [-0.15, -0.1) is 11.6 Å². The molecule has 2 unspecified atom stereocenters. The van der Waals surface area contributed by atoms with E-state index in [1.807, 2.05) is 0 Å². The molecule has 1 aliphatic rings. The van der Waals surface area contributed by atoms with Crippen molar-refractivity contribution in [3.05, 3.63) is 0 Å². The van der Waals surface area contributed by atoms with Crippen LogP contribution in [0.5, 0.6) is 0 Å². The van der Waals surface area contributed by atoms with Crippen molar-refractivity contribution in [2.24, 2.45) is 0 Å². The Morgan fingerprint density at radius 1 is 1.45 bits per heavy atom. The van der Waals surface area contributed by atoms with Crippen molar-refractivity contribution in [2.45, 2.75) is 17.8 Å². The topological polar surface area (TPSA) is 86.7 Å². The highest BCUT2D eigenvalue weighted by atomic mass is 35.5. The van der Waals surface area contributed by atoms with E-state index < -0.39 is 40.1 Å². The van der Waals surface area contributed by atoms with E-state index in [1.54, 1.807) is 0 Å². The number of alkyl halides is 3. The molecule has 1 amide bonds. The fourth-order valence-electron chi connectivity index (χ4n) is 1.96. The van der Waals surface area contributed by atoms with E-state index in [-0.39, 0.29) is 31.2 Å². The summed E-state index contributed by atoms with van der Waals surface area (Å²) in [6.07, 6.45) is -2.62. The number of hydrogen-bond acceptors (Lipinski definition) is 5. The zero-order valence-corrected chi connectivity index (χ0v) is 12.2. The van der Waals surface area contributed by atoms with Crippen LogP contribution in [0.25, 0.3) is 0 Å².